The molecule has 0 aliphatic rings. The Morgan fingerprint density at radius 1 is 1.62 bits per heavy atom. The number of esters is 1. The van der Waals surface area contributed by atoms with Crippen LogP contribution in [0.3, 0.4) is 0 Å². The first-order valence-corrected chi connectivity index (χ1v) is 5.56. The molecule has 1 aromatic rings. The lowest BCUT2D eigenvalue weighted by molar-refractivity contribution is 0.0588. The molecule has 0 saturated carbocycles. The third-order valence-electron chi connectivity index (χ3n) is 2.06. The Morgan fingerprint density at radius 3 is 2.69 bits per heavy atom. The molecule has 1 aromatic heterocycles. The summed E-state index contributed by atoms with van der Waals surface area (Å²) in [6.45, 7) is 1.44. The van der Waals surface area contributed by atoms with E-state index in [4.69, 9.17) is 0 Å². The van der Waals surface area contributed by atoms with Gasteiger partial charge < -0.3 is 4.74 Å². The van der Waals surface area contributed by atoms with Crippen molar-refractivity contribution in [3.8, 4) is 0 Å². The second-order valence-corrected chi connectivity index (χ2v) is 3.65. The molecule has 0 bridgehead atoms. The number of nitrogens with zero attached hydrogens (tertiary/aromatic N) is 1. The summed E-state index contributed by atoms with van der Waals surface area (Å²) in [7, 11) is 1.15. The molecule has 0 radical (unpaired) electrons. The van der Waals surface area contributed by atoms with Crippen LogP contribution in [0.1, 0.15) is 33.7 Å². The second kappa shape index (κ2) is 5.34. The molecule has 1 heterocycles. The number of aromatic nitrogens is 1. The van der Waals surface area contributed by atoms with Crippen LogP contribution in [-0.2, 0) is 10.1 Å². The van der Waals surface area contributed by atoms with E-state index in [1.807, 2.05) is 0 Å². The maximum atomic E-state index is 12.8. The fourth-order valence-electron chi connectivity index (χ4n) is 1.37. The summed E-state index contributed by atoms with van der Waals surface area (Å²) in [4.78, 5) is 15.3. The van der Waals surface area contributed by atoms with Crippen molar-refractivity contribution in [3.05, 3.63) is 28.6 Å². The standard InChI is InChI=1S/C10H10BrF2NO2/c1-5-8(9(12)13)7(10(15)16-2)3-6(4-11)14-5/h3,9H,4H2,1-2H3. The minimum absolute atomic E-state index is 0.126. The number of aryl methyl sites for hydroxylation is 1. The van der Waals surface area contributed by atoms with Crippen LogP contribution in [-0.4, -0.2) is 18.1 Å². The number of halogens is 3. The highest BCUT2D eigenvalue weighted by molar-refractivity contribution is 9.08. The molecule has 0 aromatic carbocycles. The Bertz CT molecular complexity index is 410. The highest BCUT2D eigenvalue weighted by Crippen LogP contribution is 2.27. The van der Waals surface area contributed by atoms with E-state index in [0.717, 1.165) is 7.11 Å². The first kappa shape index (κ1) is 13.0. The monoisotopic (exact) mass is 293 g/mol. The van der Waals surface area contributed by atoms with Gasteiger partial charge in [0.1, 0.15) is 0 Å². The average molecular weight is 294 g/mol. The summed E-state index contributed by atoms with van der Waals surface area (Å²) in [5.74, 6) is -0.775. The lowest BCUT2D eigenvalue weighted by Gasteiger charge is -2.11. The molecule has 0 amide bonds. The van der Waals surface area contributed by atoms with E-state index in [2.05, 4.69) is 25.7 Å². The zero-order chi connectivity index (χ0) is 12.3. The smallest absolute Gasteiger partial charge is 0.338 e. The van der Waals surface area contributed by atoms with Crippen LogP contribution in [0.2, 0.25) is 0 Å². The molecule has 6 heteroatoms. The van der Waals surface area contributed by atoms with Gasteiger partial charge in [-0.1, -0.05) is 15.9 Å². The number of carbonyl (C=O) groups is 1. The average Bonchev–Trinajstić information content (AvgIpc) is 2.26. The molecule has 0 aliphatic carbocycles. The number of methoxy groups -OCH3 is 1. The molecule has 88 valence electrons. The van der Waals surface area contributed by atoms with Crippen molar-refractivity contribution in [2.75, 3.05) is 7.11 Å². The van der Waals surface area contributed by atoms with Gasteiger partial charge >= 0.3 is 5.97 Å². The molecule has 0 unspecified atom stereocenters. The van der Waals surface area contributed by atoms with Gasteiger partial charge in [-0.2, -0.15) is 0 Å². The summed E-state index contributed by atoms with van der Waals surface area (Å²) in [5, 5.41) is 0.390. The zero-order valence-corrected chi connectivity index (χ0v) is 10.3. The van der Waals surface area contributed by atoms with Crippen LogP contribution in [0.25, 0.3) is 0 Å². The Balaban J connectivity index is 3.40. The maximum absolute atomic E-state index is 12.8. The van der Waals surface area contributed by atoms with Gasteiger partial charge in [0.25, 0.3) is 6.43 Å². The number of hydrogen-bond acceptors (Lipinski definition) is 3. The quantitative estimate of drug-likeness (QED) is 0.635. The summed E-state index contributed by atoms with van der Waals surface area (Å²) >= 11 is 3.16. The van der Waals surface area contributed by atoms with E-state index in [1.165, 1.54) is 13.0 Å². The van der Waals surface area contributed by atoms with Crippen molar-refractivity contribution in [1.82, 2.24) is 4.98 Å². The predicted molar refractivity (Wildman–Crippen MR) is 57.9 cm³/mol. The SMILES string of the molecule is COC(=O)c1cc(CBr)nc(C)c1C(F)F. The van der Waals surface area contributed by atoms with Gasteiger partial charge in [-0.3, -0.25) is 4.98 Å². The van der Waals surface area contributed by atoms with Gasteiger partial charge in [-0.25, -0.2) is 13.6 Å². The molecule has 3 nitrogen and oxygen atoms in total. The summed E-state index contributed by atoms with van der Waals surface area (Å²) in [6.07, 6.45) is -2.74. The maximum Gasteiger partial charge on any atom is 0.338 e. The third kappa shape index (κ3) is 2.55. The minimum atomic E-state index is -2.74. The van der Waals surface area contributed by atoms with E-state index >= 15 is 0 Å². The first-order valence-electron chi connectivity index (χ1n) is 4.44. The fraction of sp³-hybridized carbons (Fsp3) is 0.400. The molecule has 0 N–H and O–H groups in total. The van der Waals surface area contributed by atoms with Gasteiger partial charge in [0.05, 0.1) is 23.9 Å². The molecule has 0 spiro atoms. The highest BCUT2D eigenvalue weighted by atomic mass is 79.9. The summed E-state index contributed by atoms with van der Waals surface area (Å²) < 4.78 is 30.0. The number of pyridine rings is 1. The van der Waals surface area contributed by atoms with Crippen LogP contribution in [0.4, 0.5) is 8.78 Å². The van der Waals surface area contributed by atoms with Crippen molar-refractivity contribution in [1.29, 1.82) is 0 Å². The summed E-state index contributed by atoms with van der Waals surface area (Å²) in [6, 6.07) is 1.31. The van der Waals surface area contributed by atoms with Gasteiger partial charge in [-0.15, -0.1) is 0 Å². The first-order chi connectivity index (χ1) is 7.51. The number of ether oxygens (including phenoxy) is 1. The van der Waals surface area contributed by atoms with Crippen molar-refractivity contribution in [2.45, 2.75) is 18.7 Å². The molecule has 0 saturated heterocycles. The van der Waals surface area contributed by atoms with Crippen LogP contribution in [0, 0.1) is 6.92 Å². The largest absolute Gasteiger partial charge is 0.465 e. The number of alkyl halides is 3. The Morgan fingerprint density at radius 2 is 2.25 bits per heavy atom. The van der Waals surface area contributed by atoms with Crippen molar-refractivity contribution in [2.24, 2.45) is 0 Å². The van der Waals surface area contributed by atoms with Crippen LogP contribution >= 0.6 is 15.9 Å². The number of rotatable bonds is 3. The molecule has 0 aliphatic heterocycles. The topological polar surface area (TPSA) is 39.2 Å². The fourth-order valence-corrected chi connectivity index (χ4v) is 1.66. The second-order valence-electron chi connectivity index (χ2n) is 3.09. The Labute approximate surface area is 99.9 Å². The lowest BCUT2D eigenvalue weighted by atomic mass is 10.1. The van der Waals surface area contributed by atoms with Gasteiger partial charge in [0.15, 0.2) is 0 Å². The third-order valence-corrected chi connectivity index (χ3v) is 2.64. The number of hydrogen-bond donors (Lipinski definition) is 0. The highest BCUT2D eigenvalue weighted by Gasteiger charge is 2.23. The van der Waals surface area contributed by atoms with E-state index < -0.39 is 12.4 Å². The van der Waals surface area contributed by atoms with E-state index in [-0.39, 0.29) is 16.8 Å². The van der Waals surface area contributed by atoms with Crippen LogP contribution in [0.5, 0.6) is 0 Å². The number of carbonyl (C=O) groups excluding carboxylic acids is 1. The van der Waals surface area contributed by atoms with Gasteiger partial charge in [0.2, 0.25) is 0 Å². The molecule has 0 fully saturated rings. The van der Waals surface area contributed by atoms with Crippen molar-refractivity contribution < 1.29 is 18.3 Å². The van der Waals surface area contributed by atoms with Gasteiger partial charge in [-0.05, 0) is 13.0 Å². The van der Waals surface area contributed by atoms with Crippen molar-refractivity contribution >= 4 is 21.9 Å². The van der Waals surface area contributed by atoms with Crippen LogP contribution < -0.4 is 0 Å². The van der Waals surface area contributed by atoms with E-state index in [9.17, 15) is 13.6 Å². The molecule has 16 heavy (non-hydrogen) atoms. The predicted octanol–water partition coefficient (Wildman–Crippen LogP) is 3.01. The molecule has 1 rings (SSSR count). The van der Waals surface area contributed by atoms with Crippen LogP contribution in [0.15, 0.2) is 6.07 Å². The zero-order valence-electron chi connectivity index (χ0n) is 8.76. The molecule has 0 atom stereocenters. The van der Waals surface area contributed by atoms with Gasteiger partial charge in [0, 0.05) is 11.0 Å². The van der Waals surface area contributed by atoms with E-state index in [0.29, 0.717) is 11.0 Å². The molecular formula is C10H10BrF2NO2. The molecular weight excluding hydrogens is 284 g/mol. The summed E-state index contributed by atoms with van der Waals surface area (Å²) in [5.41, 5.74) is 0.172. The lowest BCUT2D eigenvalue weighted by Crippen LogP contribution is -2.10. The Hall–Kier alpha value is -1.04. The van der Waals surface area contributed by atoms with Crippen molar-refractivity contribution in [3.63, 3.8) is 0 Å². The van der Waals surface area contributed by atoms with E-state index in [1.54, 1.807) is 0 Å². The minimum Gasteiger partial charge on any atom is -0.465 e. The Kier molecular flexibility index (Phi) is 4.35. The normalized spacial score (nSPS) is 10.6.